The van der Waals surface area contributed by atoms with Gasteiger partial charge >= 0.3 is 0 Å². The predicted molar refractivity (Wildman–Crippen MR) is 119 cm³/mol. The van der Waals surface area contributed by atoms with Crippen molar-refractivity contribution in [3.63, 3.8) is 0 Å². The number of ketones is 1. The number of halogens is 1. The summed E-state index contributed by atoms with van der Waals surface area (Å²) in [5.41, 5.74) is 3.71. The van der Waals surface area contributed by atoms with Gasteiger partial charge in [-0.05, 0) is 55.3 Å². The molecule has 2 aromatic carbocycles. The van der Waals surface area contributed by atoms with E-state index in [1.807, 2.05) is 19.1 Å². The molecule has 3 aromatic rings. The van der Waals surface area contributed by atoms with Crippen LogP contribution >= 0.6 is 11.6 Å². The number of fused-ring (bicyclic) bond motifs is 1. The number of carbonyl (C=O) groups is 3. The maximum absolute atomic E-state index is 12.6. The van der Waals surface area contributed by atoms with Gasteiger partial charge < -0.3 is 10.6 Å². The van der Waals surface area contributed by atoms with Crippen LogP contribution in [0.1, 0.15) is 42.4 Å². The average molecular weight is 437 g/mol. The van der Waals surface area contributed by atoms with Gasteiger partial charge in [0.15, 0.2) is 5.78 Å². The molecular weight excluding hydrogens is 416 g/mol. The lowest BCUT2D eigenvalue weighted by Gasteiger charge is -2.10. The standard InChI is InChI=1S/C23H21ClN4O3/c1-3-18-21(15-4-8-16(24)9-5-15)22-26-23(31)19(28(22)27-18)12-20(30)25-17-10-6-14(7-11-17)13(2)29/h4-11,19H,3,12H2,1-2H3,(H,25,30)(H,26,31). The van der Waals surface area contributed by atoms with E-state index in [1.54, 1.807) is 41.1 Å². The number of aryl methyl sites for hydroxylation is 1. The second kappa shape index (κ2) is 8.35. The molecule has 2 amide bonds. The molecule has 8 heteroatoms. The van der Waals surface area contributed by atoms with Gasteiger partial charge in [0.2, 0.25) is 5.91 Å². The summed E-state index contributed by atoms with van der Waals surface area (Å²) in [6.45, 7) is 3.47. The van der Waals surface area contributed by atoms with E-state index >= 15 is 0 Å². The molecule has 1 atom stereocenters. The van der Waals surface area contributed by atoms with Crippen LogP contribution in [0, 0.1) is 0 Å². The van der Waals surface area contributed by atoms with E-state index in [0.29, 0.717) is 28.5 Å². The van der Waals surface area contributed by atoms with Gasteiger partial charge in [-0.1, -0.05) is 30.7 Å². The summed E-state index contributed by atoms with van der Waals surface area (Å²) < 4.78 is 1.60. The van der Waals surface area contributed by atoms with Crippen LogP contribution in [0.3, 0.4) is 0 Å². The summed E-state index contributed by atoms with van der Waals surface area (Å²) in [4.78, 5) is 36.6. The molecule has 1 aliphatic heterocycles. The maximum atomic E-state index is 12.6. The minimum Gasteiger partial charge on any atom is -0.326 e. The Morgan fingerprint density at radius 3 is 2.42 bits per heavy atom. The number of hydrogen-bond donors (Lipinski definition) is 2. The SMILES string of the molecule is CCc1nn2c(c1-c1ccc(Cl)cc1)NC(=O)C2CC(=O)Nc1ccc(C(C)=O)cc1. The molecule has 1 aromatic heterocycles. The van der Waals surface area contributed by atoms with Gasteiger partial charge in [-0.3, -0.25) is 14.4 Å². The minimum atomic E-state index is -0.738. The van der Waals surface area contributed by atoms with Crippen molar-refractivity contribution in [3.05, 3.63) is 64.8 Å². The Morgan fingerprint density at radius 1 is 1.13 bits per heavy atom. The molecule has 0 aliphatic carbocycles. The Kier molecular flexibility index (Phi) is 5.61. The Balaban J connectivity index is 1.56. The van der Waals surface area contributed by atoms with Crippen LogP contribution in [0.5, 0.6) is 0 Å². The highest BCUT2D eigenvalue weighted by Crippen LogP contribution is 2.39. The van der Waals surface area contributed by atoms with Crippen LogP contribution in [-0.4, -0.2) is 27.4 Å². The fourth-order valence-corrected chi connectivity index (χ4v) is 3.79. The lowest BCUT2D eigenvalue weighted by Crippen LogP contribution is -2.24. The minimum absolute atomic E-state index is 0.0464. The van der Waals surface area contributed by atoms with Gasteiger partial charge in [-0.15, -0.1) is 0 Å². The zero-order valence-electron chi connectivity index (χ0n) is 17.1. The highest BCUT2D eigenvalue weighted by atomic mass is 35.5. The third-order valence-electron chi connectivity index (χ3n) is 5.24. The molecule has 2 N–H and O–H groups in total. The molecule has 0 saturated carbocycles. The number of benzene rings is 2. The van der Waals surface area contributed by atoms with Crippen molar-refractivity contribution in [2.75, 3.05) is 10.6 Å². The molecule has 0 bridgehead atoms. The monoisotopic (exact) mass is 436 g/mol. The average Bonchev–Trinajstić information content (AvgIpc) is 3.24. The van der Waals surface area contributed by atoms with Crippen LogP contribution in [0.4, 0.5) is 11.5 Å². The van der Waals surface area contributed by atoms with E-state index in [9.17, 15) is 14.4 Å². The van der Waals surface area contributed by atoms with Gasteiger partial charge in [0.25, 0.3) is 5.91 Å². The van der Waals surface area contributed by atoms with E-state index in [4.69, 9.17) is 11.6 Å². The summed E-state index contributed by atoms with van der Waals surface area (Å²) in [6, 6.07) is 13.2. The first-order valence-corrected chi connectivity index (χ1v) is 10.3. The smallest absolute Gasteiger partial charge is 0.251 e. The first-order chi connectivity index (χ1) is 14.9. The van der Waals surface area contributed by atoms with E-state index < -0.39 is 6.04 Å². The van der Waals surface area contributed by atoms with Gasteiger partial charge in [-0.2, -0.15) is 5.10 Å². The van der Waals surface area contributed by atoms with Crippen molar-refractivity contribution in [1.82, 2.24) is 9.78 Å². The van der Waals surface area contributed by atoms with Crippen molar-refractivity contribution in [1.29, 1.82) is 0 Å². The Labute approximate surface area is 184 Å². The molecular formula is C23H21ClN4O3. The number of Topliss-reactive ketones (excluding diaryl/α,β-unsaturated/α-hetero) is 1. The first-order valence-electron chi connectivity index (χ1n) is 9.96. The Bertz CT molecular complexity index is 1170. The summed E-state index contributed by atoms with van der Waals surface area (Å²) in [6.07, 6.45) is 0.618. The fraction of sp³-hybridized carbons (Fsp3) is 0.217. The molecule has 0 radical (unpaired) electrons. The number of hydrogen-bond acceptors (Lipinski definition) is 4. The van der Waals surface area contributed by atoms with E-state index in [0.717, 1.165) is 16.8 Å². The number of nitrogens with one attached hydrogen (secondary N) is 2. The lowest BCUT2D eigenvalue weighted by molar-refractivity contribution is -0.123. The van der Waals surface area contributed by atoms with Crippen LogP contribution in [0.2, 0.25) is 5.02 Å². The molecule has 31 heavy (non-hydrogen) atoms. The topological polar surface area (TPSA) is 93.1 Å². The molecule has 0 spiro atoms. The van der Waals surface area contributed by atoms with E-state index in [2.05, 4.69) is 15.7 Å². The largest absolute Gasteiger partial charge is 0.326 e. The number of carbonyl (C=O) groups excluding carboxylic acids is 3. The number of nitrogens with zero attached hydrogens (tertiary/aromatic N) is 2. The van der Waals surface area contributed by atoms with Crippen molar-refractivity contribution in [2.24, 2.45) is 0 Å². The molecule has 158 valence electrons. The number of aromatic nitrogens is 2. The molecule has 0 fully saturated rings. The van der Waals surface area contributed by atoms with E-state index in [1.165, 1.54) is 6.92 Å². The first kappa shape index (κ1) is 20.8. The summed E-state index contributed by atoms with van der Waals surface area (Å²) in [5.74, 6) is -0.0460. The summed E-state index contributed by atoms with van der Waals surface area (Å²) in [5, 5.41) is 10.9. The molecule has 7 nitrogen and oxygen atoms in total. The van der Waals surface area contributed by atoms with Crippen molar-refractivity contribution in [3.8, 4) is 11.1 Å². The molecule has 1 unspecified atom stereocenters. The van der Waals surface area contributed by atoms with E-state index in [-0.39, 0.29) is 24.0 Å². The summed E-state index contributed by atoms with van der Waals surface area (Å²) >= 11 is 6.01. The zero-order valence-corrected chi connectivity index (χ0v) is 17.9. The van der Waals surface area contributed by atoms with Gasteiger partial charge in [-0.25, -0.2) is 4.68 Å². The van der Waals surface area contributed by atoms with Crippen molar-refractivity contribution >= 4 is 40.7 Å². The predicted octanol–water partition coefficient (Wildman–Crippen LogP) is 4.49. The fourth-order valence-electron chi connectivity index (χ4n) is 3.66. The highest BCUT2D eigenvalue weighted by molar-refractivity contribution is 6.30. The van der Waals surface area contributed by atoms with Gasteiger partial charge in [0.1, 0.15) is 11.9 Å². The number of anilines is 2. The van der Waals surface area contributed by atoms with Crippen LogP contribution < -0.4 is 10.6 Å². The summed E-state index contributed by atoms with van der Waals surface area (Å²) in [7, 11) is 0. The zero-order chi connectivity index (χ0) is 22.1. The molecule has 4 rings (SSSR count). The van der Waals surface area contributed by atoms with Crippen LogP contribution in [0.15, 0.2) is 48.5 Å². The third-order valence-corrected chi connectivity index (χ3v) is 5.50. The number of rotatable bonds is 6. The van der Waals surface area contributed by atoms with Gasteiger partial charge in [0.05, 0.1) is 12.1 Å². The van der Waals surface area contributed by atoms with Crippen LogP contribution in [-0.2, 0) is 16.0 Å². The normalized spacial score (nSPS) is 14.8. The maximum Gasteiger partial charge on any atom is 0.251 e. The van der Waals surface area contributed by atoms with Gasteiger partial charge in [0, 0.05) is 21.8 Å². The molecule has 2 heterocycles. The molecule has 0 saturated heterocycles. The van der Waals surface area contributed by atoms with Crippen molar-refractivity contribution in [2.45, 2.75) is 32.7 Å². The highest BCUT2D eigenvalue weighted by Gasteiger charge is 2.36. The van der Waals surface area contributed by atoms with Crippen molar-refractivity contribution < 1.29 is 14.4 Å². The Morgan fingerprint density at radius 2 is 1.81 bits per heavy atom. The second-order valence-corrected chi connectivity index (χ2v) is 7.80. The third kappa shape index (κ3) is 4.09. The van der Waals surface area contributed by atoms with Crippen LogP contribution in [0.25, 0.3) is 11.1 Å². The lowest BCUT2D eigenvalue weighted by atomic mass is 10.0. The molecule has 1 aliphatic rings. The number of amides is 2. The quantitative estimate of drug-likeness (QED) is 0.557. The second-order valence-electron chi connectivity index (χ2n) is 7.37. The Hall–Kier alpha value is -3.45.